The summed E-state index contributed by atoms with van der Waals surface area (Å²) in [4.78, 5) is 35.7. The third kappa shape index (κ3) is 6.37. The van der Waals surface area contributed by atoms with E-state index in [0.29, 0.717) is 23.0 Å². The molecule has 3 aromatic rings. The lowest BCUT2D eigenvalue weighted by molar-refractivity contribution is -0.139. The minimum atomic E-state index is -1.14. The van der Waals surface area contributed by atoms with Gasteiger partial charge in [-0.25, -0.2) is 18.4 Å². The van der Waals surface area contributed by atoms with E-state index >= 15 is 0 Å². The highest BCUT2D eigenvalue weighted by Crippen LogP contribution is 2.22. The first kappa shape index (κ1) is 24.4. The Bertz CT molecular complexity index is 1190. The molecule has 178 valence electrons. The summed E-state index contributed by atoms with van der Waals surface area (Å²) in [5, 5.41) is 20.3. The van der Waals surface area contributed by atoms with Gasteiger partial charge in [0.15, 0.2) is 0 Å². The largest absolute Gasteiger partial charge is 0.480 e. The van der Waals surface area contributed by atoms with Crippen LogP contribution in [0.25, 0.3) is 11.3 Å². The second-order valence-corrected chi connectivity index (χ2v) is 7.85. The van der Waals surface area contributed by atoms with Gasteiger partial charge in [0.25, 0.3) is 5.91 Å². The summed E-state index contributed by atoms with van der Waals surface area (Å²) in [6, 6.07) is 8.67. The molecule has 34 heavy (non-hydrogen) atoms. The van der Waals surface area contributed by atoms with Gasteiger partial charge >= 0.3 is 12.0 Å². The normalized spacial score (nSPS) is 11.7. The summed E-state index contributed by atoms with van der Waals surface area (Å²) in [7, 11) is 0. The number of carbonyl (C=O) groups is 3. The van der Waals surface area contributed by atoms with Crippen molar-refractivity contribution in [2.24, 2.45) is 5.92 Å². The highest BCUT2D eigenvalue weighted by atomic mass is 19.1. The highest BCUT2D eigenvalue weighted by molar-refractivity contribution is 6.00. The van der Waals surface area contributed by atoms with Crippen molar-refractivity contribution in [3.63, 3.8) is 0 Å². The maximum absolute atomic E-state index is 13.7. The molecule has 0 aliphatic rings. The van der Waals surface area contributed by atoms with E-state index in [9.17, 15) is 28.3 Å². The van der Waals surface area contributed by atoms with Gasteiger partial charge in [-0.2, -0.15) is 0 Å². The first-order valence-electron chi connectivity index (χ1n) is 10.3. The molecule has 0 saturated carbocycles. The van der Waals surface area contributed by atoms with Crippen molar-refractivity contribution >= 4 is 29.3 Å². The number of hydrogen-bond acceptors (Lipinski definition) is 5. The van der Waals surface area contributed by atoms with Crippen molar-refractivity contribution in [1.82, 2.24) is 10.5 Å². The molecule has 9 nitrogen and oxygen atoms in total. The van der Waals surface area contributed by atoms with Crippen LogP contribution in [0.3, 0.4) is 0 Å². The summed E-state index contributed by atoms with van der Waals surface area (Å²) in [5.74, 6) is -3.59. The minimum absolute atomic E-state index is 0.0654. The van der Waals surface area contributed by atoms with Gasteiger partial charge in [0.1, 0.15) is 23.4 Å². The molecule has 0 bridgehead atoms. The van der Waals surface area contributed by atoms with Gasteiger partial charge in [0, 0.05) is 23.4 Å². The number of carboxylic acids is 1. The molecule has 1 atom stereocenters. The molecule has 1 aromatic heterocycles. The second-order valence-electron chi connectivity index (χ2n) is 7.85. The zero-order valence-corrected chi connectivity index (χ0v) is 18.3. The molecule has 0 spiro atoms. The number of anilines is 2. The molecule has 4 N–H and O–H groups in total. The fraction of sp³-hybridized carbons (Fsp3) is 0.217. The molecular formula is C23H22F2N4O5. The molecule has 0 saturated heterocycles. The molecule has 2 aromatic carbocycles. The molecule has 3 amide bonds. The van der Waals surface area contributed by atoms with Crippen LogP contribution in [0.15, 0.2) is 53.1 Å². The molecule has 3 rings (SSSR count). The average Bonchev–Trinajstić information content (AvgIpc) is 3.26. The van der Waals surface area contributed by atoms with Crippen LogP contribution in [-0.4, -0.2) is 34.2 Å². The highest BCUT2D eigenvalue weighted by Gasteiger charge is 2.24. The number of aromatic nitrogens is 1. The monoisotopic (exact) mass is 472 g/mol. The predicted molar refractivity (Wildman–Crippen MR) is 119 cm³/mol. The van der Waals surface area contributed by atoms with Crippen LogP contribution in [0, 0.1) is 17.6 Å². The molecular weight excluding hydrogens is 450 g/mol. The molecule has 1 heterocycles. The van der Waals surface area contributed by atoms with Gasteiger partial charge in [0.05, 0.1) is 5.69 Å². The van der Waals surface area contributed by atoms with Gasteiger partial charge < -0.3 is 25.6 Å². The minimum Gasteiger partial charge on any atom is -0.480 e. The maximum atomic E-state index is 13.7. The Labute approximate surface area is 193 Å². The number of benzene rings is 2. The molecule has 0 radical (unpaired) electrons. The van der Waals surface area contributed by atoms with Crippen molar-refractivity contribution in [2.75, 3.05) is 10.6 Å². The summed E-state index contributed by atoms with van der Waals surface area (Å²) in [6.45, 7) is 3.69. The number of nitrogens with zero attached hydrogens (tertiary/aromatic N) is 1. The third-order valence-corrected chi connectivity index (χ3v) is 4.66. The first-order chi connectivity index (χ1) is 16.1. The Hall–Kier alpha value is -4.28. The quantitative estimate of drug-likeness (QED) is 0.382. The summed E-state index contributed by atoms with van der Waals surface area (Å²) < 4.78 is 31.7. The lowest BCUT2D eigenvalue weighted by Gasteiger charge is -2.15. The van der Waals surface area contributed by atoms with Crippen molar-refractivity contribution in [3.8, 4) is 11.3 Å². The number of hydrogen-bond donors (Lipinski definition) is 4. The molecule has 11 heteroatoms. The number of urea groups is 1. The number of amides is 3. The van der Waals surface area contributed by atoms with Crippen molar-refractivity contribution in [3.05, 3.63) is 65.9 Å². The molecule has 0 aliphatic heterocycles. The third-order valence-electron chi connectivity index (χ3n) is 4.66. The van der Waals surface area contributed by atoms with E-state index in [0.717, 1.165) is 12.1 Å². The van der Waals surface area contributed by atoms with E-state index in [4.69, 9.17) is 4.52 Å². The van der Waals surface area contributed by atoms with E-state index in [2.05, 4.69) is 21.1 Å². The Balaban J connectivity index is 1.62. The van der Waals surface area contributed by atoms with Crippen molar-refractivity contribution in [1.29, 1.82) is 0 Å². The smallest absolute Gasteiger partial charge is 0.326 e. The Morgan fingerprint density at radius 2 is 1.74 bits per heavy atom. The van der Waals surface area contributed by atoms with Gasteiger partial charge in [-0.05, 0) is 36.6 Å². The fourth-order valence-electron chi connectivity index (χ4n) is 3.04. The van der Waals surface area contributed by atoms with Crippen molar-refractivity contribution < 1.29 is 32.8 Å². The van der Waals surface area contributed by atoms with Gasteiger partial charge in [-0.3, -0.25) is 4.79 Å². The molecule has 0 fully saturated rings. The summed E-state index contributed by atoms with van der Waals surface area (Å²) in [5.41, 5.74) is 1.09. The standard InChI is InChI=1S/C23H22F2N4O5/c1-12(2)9-19(22(31)32)27-21(30)20-11-18(29-34-20)13-3-6-15(7-4-13)26-23(33)28-17-8-5-14(24)10-16(17)25/h3-8,10-12,19H,9H2,1-2H3,(H,27,30)(H,31,32)(H2,26,28,33). The van der Waals surface area contributed by atoms with E-state index in [1.807, 2.05) is 13.8 Å². The van der Waals surface area contributed by atoms with Crippen LogP contribution < -0.4 is 16.0 Å². The van der Waals surface area contributed by atoms with Gasteiger partial charge in [-0.15, -0.1) is 0 Å². The molecule has 0 aliphatic carbocycles. The van der Waals surface area contributed by atoms with Crippen LogP contribution >= 0.6 is 0 Å². The van der Waals surface area contributed by atoms with Crippen LogP contribution in [0.1, 0.15) is 30.8 Å². The van der Waals surface area contributed by atoms with Crippen LogP contribution in [0.4, 0.5) is 25.0 Å². The lowest BCUT2D eigenvalue weighted by atomic mass is 10.0. The van der Waals surface area contributed by atoms with Crippen LogP contribution in [0.2, 0.25) is 0 Å². The van der Waals surface area contributed by atoms with Gasteiger partial charge in [-0.1, -0.05) is 31.1 Å². The number of carbonyl (C=O) groups excluding carboxylic acids is 2. The number of rotatable bonds is 8. The number of carboxylic acid groups (broad SMARTS) is 1. The zero-order valence-electron chi connectivity index (χ0n) is 18.3. The summed E-state index contributed by atoms with van der Waals surface area (Å²) >= 11 is 0. The maximum Gasteiger partial charge on any atom is 0.326 e. The van der Waals surface area contributed by atoms with Crippen molar-refractivity contribution in [2.45, 2.75) is 26.3 Å². The predicted octanol–water partition coefficient (Wildman–Crippen LogP) is 4.49. The van der Waals surface area contributed by atoms with E-state index in [-0.39, 0.29) is 23.8 Å². The number of halogens is 2. The Morgan fingerprint density at radius 3 is 2.35 bits per heavy atom. The van der Waals surface area contributed by atoms with E-state index in [1.165, 1.54) is 6.07 Å². The number of aliphatic carboxylic acids is 1. The lowest BCUT2D eigenvalue weighted by Crippen LogP contribution is -2.41. The van der Waals surface area contributed by atoms with E-state index < -0.39 is 35.6 Å². The van der Waals surface area contributed by atoms with Crippen LogP contribution in [0.5, 0.6) is 0 Å². The zero-order chi connectivity index (χ0) is 24.8. The molecule has 1 unspecified atom stereocenters. The second kappa shape index (κ2) is 10.6. The van der Waals surface area contributed by atoms with Crippen LogP contribution in [-0.2, 0) is 4.79 Å². The topological polar surface area (TPSA) is 134 Å². The first-order valence-corrected chi connectivity index (χ1v) is 10.3. The van der Waals surface area contributed by atoms with E-state index in [1.54, 1.807) is 24.3 Å². The Morgan fingerprint density at radius 1 is 1.03 bits per heavy atom. The van der Waals surface area contributed by atoms with Gasteiger partial charge in [0.2, 0.25) is 5.76 Å². The summed E-state index contributed by atoms with van der Waals surface area (Å²) in [6.07, 6.45) is 0.262. The fourth-order valence-corrected chi connectivity index (χ4v) is 3.04. The average molecular weight is 472 g/mol. The Kier molecular flexibility index (Phi) is 7.57. The number of nitrogens with one attached hydrogen (secondary N) is 3. The SMILES string of the molecule is CC(C)CC(NC(=O)c1cc(-c2ccc(NC(=O)Nc3ccc(F)cc3F)cc2)no1)C(=O)O.